The minimum atomic E-state index is -0.552. The van der Waals surface area contributed by atoms with Gasteiger partial charge in [0.15, 0.2) is 5.43 Å². The van der Waals surface area contributed by atoms with Crippen LogP contribution < -0.4 is 5.43 Å². The number of carbonyl (C=O) groups excluding carboxylic acids is 1. The Bertz CT molecular complexity index is 1380. The van der Waals surface area contributed by atoms with Crippen LogP contribution in [-0.4, -0.2) is 15.8 Å². The smallest absolute Gasteiger partial charge is 0.291 e. The number of aromatic nitrogens is 1. The van der Waals surface area contributed by atoms with E-state index in [4.69, 9.17) is 16.0 Å². The third-order valence-corrected chi connectivity index (χ3v) is 6.12. The van der Waals surface area contributed by atoms with Gasteiger partial charge in [0.1, 0.15) is 5.58 Å². The quantitative estimate of drug-likeness (QED) is 0.448. The van der Waals surface area contributed by atoms with Crippen LogP contribution >= 0.6 is 11.6 Å². The summed E-state index contributed by atoms with van der Waals surface area (Å²) in [4.78, 5) is 32.8. The fraction of sp³-hybridized carbons (Fsp3) is 0.160. The van der Waals surface area contributed by atoms with Gasteiger partial charge in [-0.3, -0.25) is 14.6 Å². The highest BCUT2D eigenvalue weighted by Crippen LogP contribution is 2.39. The van der Waals surface area contributed by atoms with E-state index >= 15 is 0 Å². The number of halogens is 1. The maximum absolute atomic E-state index is 13.6. The molecule has 5 rings (SSSR count). The van der Waals surface area contributed by atoms with E-state index in [1.54, 1.807) is 29.4 Å². The summed E-state index contributed by atoms with van der Waals surface area (Å²) in [5.74, 6) is -0.218. The van der Waals surface area contributed by atoms with Crippen molar-refractivity contribution in [2.75, 3.05) is 0 Å². The molecule has 0 saturated heterocycles. The maximum atomic E-state index is 13.6. The molecule has 0 spiro atoms. The van der Waals surface area contributed by atoms with E-state index < -0.39 is 6.04 Å². The molecule has 0 N–H and O–H groups in total. The molecular formula is C25H19ClN2O3. The van der Waals surface area contributed by atoms with E-state index in [0.29, 0.717) is 28.1 Å². The Morgan fingerprint density at radius 2 is 1.87 bits per heavy atom. The number of aryl methyl sites for hydroxylation is 2. The van der Waals surface area contributed by atoms with Gasteiger partial charge in [-0.15, -0.1) is 0 Å². The molecular weight excluding hydrogens is 412 g/mol. The molecule has 0 aliphatic carbocycles. The Hall–Kier alpha value is -3.44. The van der Waals surface area contributed by atoms with Crippen molar-refractivity contribution in [2.24, 2.45) is 0 Å². The molecule has 2 aromatic heterocycles. The lowest BCUT2D eigenvalue weighted by atomic mass is 9.97. The number of carbonyl (C=O) groups is 1. The molecule has 31 heavy (non-hydrogen) atoms. The molecule has 0 bridgehead atoms. The zero-order chi connectivity index (χ0) is 21.7. The second kappa shape index (κ2) is 7.36. The SMILES string of the molecule is Cc1ccc([C@H]2c3c(oc4cc(C)c(Cl)cc4c3=O)C(=O)N2Cc2cccnc2)cc1. The summed E-state index contributed by atoms with van der Waals surface area (Å²) < 4.78 is 6.01. The van der Waals surface area contributed by atoms with Gasteiger partial charge in [0.05, 0.1) is 17.0 Å². The first-order valence-corrected chi connectivity index (χ1v) is 10.3. The van der Waals surface area contributed by atoms with Crippen molar-refractivity contribution in [1.82, 2.24) is 9.88 Å². The Morgan fingerprint density at radius 1 is 1.10 bits per heavy atom. The van der Waals surface area contributed by atoms with E-state index in [-0.39, 0.29) is 17.1 Å². The molecule has 0 radical (unpaired) electrons. The number of amides is 1. The van der Waals surface area contributed by atoms with E-state index in [9.17, 15) is 9.59 Å². The molecule has 1 aliphatic rings. The van der Waals surface area contributed by atoms with Crippen LogP contribution in [0.15, 0.2) is 70.1 Å². The number of pyridine rings is 1. The first-order chi connectivity index (χ1) is 14.9. The Balaban J connectivity index is 1.75. The molecule has 4 aromatic rings. The van der Waals surface area contributed by atoms with Crippen LogP contribution in [0.4, 0.5) is 0 Å². The predicted octanol–water partition coefficient (Wildman–Crippen LogP) is 5.20. The van der Waals surface area contributed by atoms with Crippen LogP contribution in [0.2, 0.25) is 5.02 Å². The molecule has 3 heterocycles. The summed E-state index contributed by atoms with van der Waals surface area (Å²) >= 11 is 6.28. The molecule has 0 fully saturated rings. The molecule has 5 nitrogen and oxygen atoms in total. The maximum Gasteiger partial charge on any atom is 0.291 e. The lowest BCUT2D eigenvalue weighted by Gasteiger charge is -2.25. The Morgan fingerprint density at radius 3 is 2.58 bits per heavy atom. The molecule has 1 amide bonds. The summed E-state index contributed by atoms with van der Waals surface area (Å²) in [5.41, 5.74) is 4.09. The van der Waals surface area contributed by atoms with E-state index in [0.717, 1.165) is 22.3 Å². The van der Waals surface area contributed by atoms with Gasteiger partial charge >= 0.3 is 0 Å². The van der Waals surface area contributed by atoms with Crippen molar-refractivity contribution >= 4 is 28.5 Å². The minimum absolute atomic E-state index is 0.0914. The van der Waals surface area contributed by atoms with Gasteiger partial charge in [0.25, 0.3) is 5.91 Å². The average molecular weight is 431 g/mol. The molecule has 154 valence electrons. The first-order valence-electron chi connectivity index (χ1n) is 9.97. The van der Waals surface area contributed by atoms with Crippen molar-refractivity contribution in [3.8, 4) is 0 Å². The monoisotopic (exact) mass is 430 g/mol. The van der Waals surface area contributed by atoms with Crippen molar-refractivity contribution in [3.63, 3.8) is 0 Å². The summed E-state index contributed by atoms with van der Waals surface area (Å²) in [5, 5.41) is 0.866. The predicted molar refractivity (Wildman–Crippen MR) is 119 cm³/mol. The molecule has 1 atom stereocenters. The van der Waals surface area contributed by atoms with Crippen LogP contribution in [0.5, 0.6) is 0 Å². The lowest BCUT2D eigenvalue weighted by Crippen LogP contribution is -2.29. The fourth-order valence-corrected chi connectivity index (χ4v) is 4.25. The summed E-state index contributed by atoms with van der Waals surface area (Å²) in [6.07, 6.45) is 3.41. The molecule has 0 unspecified atom stereocenters. The van der Waals surface area contributed by atoms with Crippen molar-refractivity contribution in [3.05, 3.63) is 110 Å². The second-order valence-corrected chi connectivity index (χ2v) is 8.29. The molecule has 6 heteroatoms. The van der Waals surface area contributed by atoms with Gasteiger partial charge < -0.3 is 9.32 Å². The zero-order valence-electron chi connectivity index (χ0n) is 17.1. The van der Waals surface area contributed by atoms with Crippen LogP contribution in [0.25, 0.3) is 11.0 Å². The van der Waals surface area contributed by atoms with E-state index in [1.165, 1.54) is 0 Å². The van der Waals surface area contributed by atoms with E-state index in [1.807, 2.05) is 50.2 Å². The normalized spacial score (nSPS) is 15.5. The number of rotatable bonds is 3. The summed E-state index contributed by atoms with van der Waals surface area (Å²) in [7, 11) is 0. The van der Waals surface area contributed by atoms with Gasteiger partial charge in [-0.05, 0) is 48.7 Å². The third kappa shape index (κ3) is 3.22. The van der Waals surface area contributed by atoms with Crippen molar-refractivity contribution in [1.29, 1.82) is 0 Å². The lowest BCUT2D eigenvalue weighted by molar-refractivity contribution is 0.0714. The number of hydrogen-bond acceptors (Lipinski definition) is 4. The molecule has 0 saturated carbocycles. The number of nitrogens with zero attached hydrogens (tertiary/aromatic N) is 2. The van der Waals surface area contributed by atoms with Crippen molar-refractivity contribution < 1.29 is 9.21 Å². The van der Waals surface area contributed by atoms with Crippen LogP contribution in [-0.2, 0) is 6.54 Å². The third-order valence-electron chi connectivity index (χ3n) is 5.72. The van der Waals surface area contributed by atoms with Gasteiger partial charge in [-0.25, -0.2) is 0 Å². The van der Waals surface area contributed by atoms with Gasteiger partial charge in [-0.1, -0.05) is 47.5 Å². The fourth-order valence-electron chi connectivity index (χ4n) is 4.09. The van der Waals surface area contributed by atoms with Gasteiger partial charge in [-0.2, -0.15) is 0 Å². The summed E-state index contributed by atoms with van der Waals surface area (Å²) in [6, 6.07) is 14.4. The average Bonchev–Trinajstić information content (AvgIpc) is 3.03. The van der Waals surface area contributed by atoms with Gasteiger partial charge in [0, 0.05) is 24.0 Å². The largest absolute Gasteiger partial charge is 0.450 e. The number of benzene rings is 2. The van der Waals surface area contributed by atoms with Crippen molar-refractivity contribution in [2.45, 2.75) is 26.4 Å². The number of fused-ring (bicyclic) bond motifs is 2. The van der Waals surface area contributed by atoms with Gasteiger partial charge in [0.2, 0.25) is 5.76 Å². The van der Waals surface area contributed by atoms with E-state index in [2.05, 4.69) is 4.98 Å². The first kappa shape index (κ1) is 19.5. The van der Waals surface area contributed by atoms with Crippen LogP contribution in [0.3, 0.4) is 0 Å². The standard InChI is InChI=1S/C25H19ClN2O3/c1-14-5-7-17(8-6-14)22-21-23(29)18-11-19(26)15(2)10-20(18)31-24(21)25(30)28(22)13-16-4-3-9-27-12-16/h3-12,22H,13H2,1-2H3/t22-/m0/s1. The second-order valence-electron chi connectivity index (χ2n) is 7.88. The topological polar surface area (TPSA) is 63.4 Å². The minimum Gasteiger partial charge on any atom is -0.450 e. The number of hydrogen-bond donors (Lipinski definition) is 0. The molecule has 1 aliphatic heterocycles. The highest BCUT2D eigenvalue weighted by Gasteiger charge is 2.42. The zero-order valence-corrected chi connectivity index (χ0v) is 17.8. The highest BCUT2D eigenvalue weighted by molar-refractivity contribution is 6.32. The Labute approximate surface area is 183 Å². The van der Waals surface area contributed by atoms with Crippen LogP contribution in [0, 0.1) is 13.8 Å². The Kier molecular flexibility index (Phi) is 4.63. The molecule has 2 aromatic carbocycles. The highest BCUT2D eigenvalue weighted by atomic mass is 35.5. The van der Waals surface area contributed by atoms with Crippen LogP contribution in [0.1, 0.15) is 44.4 Å². The summed E-state index contributed by atoms with van der Waals surface area (Å²) in [6.45, 7) is 4.14.